The average molecular weight is 221 g/mol. The second-order valence-corrected chi connectivity index (χ2v) is 3.28. The number of ether oxygens (including phenoxy) is 1. The Hall–Kier alpha value is -2.22. The third-order valence-corrected chi connectivity index (χ3v) is 2.31. The summed E-state index contributed by atoms with van der Waals surface area (Å²) in [6, 6.07) is 4.35. The van der Waals surface area contributed by atoms with E-state index >= 15 is 0 Å². The number of methoxy groups -OCH3 is 1. The average Bonchev–Trinajstić information content (AvgIpc) is 2.27. The highest BCUT2D eigenvalue weighted by atomic mass is 16.5. The van der Waals surface area contributed by atoms with Crippen molar-refractivity contribution in [2.45, 2.75) is 12.8 Å². The molecule has 84 valence electrons. The second-order valence-electron chi connectivity index (χ2n) is 3.28. The molecule has 0 radical (unpaired) electrons. The molecule has 0 bridgehead atoms. The van der Waals surface area contributed by atoms with Gasteiger partial charge in [0, 0.05) is 11.6 Å². The van der Waals surface area contributed by atoms with E-state index in [2.05, 4.69) is 0 Å². The zero-order valence-electron chi connectivity index (χ0n) is 8.89. The van der Waals surface area contributed by atoms with Gasteiger partial charge in [-0.15, -0.1) is 0 Å². The van der Waals surface area contributed by atoms with Crippen LogP contribution in [0.25, 0.3) is 0 Å². The first kappa shape index (κ1) is 11.9. The third kappa shape index (κ3) is 2.06. The van der Waals surface area contributed by atoms with Gasteiger partial charge in [-0.25, -0.2) is 0 Å². The molecule has 0 heterocycles. The van der Waals surface area contributed by atoms with Crippen LogP contribution in [0.15, 0.2) is 12.1 Å². The number of hydrogen-bond donors (Lipinski definition) is 2. The fraction of sp³-hybridized carbons (Fsp3) is 0.273. The fourth-order valence-electron chi connectivity index (χ4n) is 1.32. The van der Waals surface area contributed by atoms with Gasteiger partial charge in [0.05, 0.1) is 18.6 Å². The van der Waals surface area contributed by atoms with Crippen LogP contribution in [0.3, 0.4) is 0 Å². The van der Waals surface area contributed by atoms with Gasteiger partial charge in [-0.2, -0.15) is 5.26 Å². The van der Waals surface area contributed by atoms with Gasteiger partial charge in [-0.1, -0.05) is 0 Å². The topological polar surface area (TPSA) is 90.5 Å². The Kier molecular flexibility index (Phi) is 3.36. The zero-order chi connectivity index (χ0) is 12.3. The van der Waals surface area contributed by atoms with E-state index in [9.17, 15) is 9.90 Å². The molecule has 16 heavy (non-hydrogen) atoms. The van der Waals surface area contributed by atoms with E-state index in [1.54, 1.807) is 6.07 Å². The van der Waals surface area contributed by atoms with Crippen LogP contribution in [0.4, 0.5) is 0 Å². The molecule has 0 aromatic heterocycles. The van der Waals surface area contributed by atoms with Crippen molar-refractivity contribution >= 4 is 5.97 Å². The Morgan fingerprint density at radius 2 is 2.19 bits per heavy atom. The number of hydrogen-bond acceptors (Lipinski definition) is 4. The number of carbonyl (C=O) groups is 1. The molecular weight excluding hydrogens is 210 g/mol. The van der Waals surface area contributed by atoms with Crippen molar-refractivity contribution in [3.05, 3.63) is 23.3 Å². The molecule has 0 saturated carbocycles. The maximum Gasteiger partial charge on any atom is 0.310 e. The number of phenols is 1. The van der Waals surface area contributed by atoms with Crippen molar-refractivity contribution in [2.75, 3.05) is 7.11 Å². The van der Waals surface area contributed by atoms with Crippen LogP contribution in [-0.4, -0.2) is 23.3 Å². The normalized spacial score (nSPS) is 11.6. The highest BCUT2D eigenvalue weighted by Gasteiger charge is 2.20. The molecule has 0 aliphatic rings. The van der Waals surface area contributed by atoms with E-state index in [0.29, 0.717) is 5.56 Å². The third-order valence-electron chi connectivity index (χ3n) is 2.31. The predicted molar refractivity (Wildman–Crippen MR) is 55.4 cm³/mol. The highest BCUT2D eigenvalue weighted by molar-refractivity contribution is 5.77. The highest BCUT2D eigenvalue weighted by Crippen LogP contribution is 2.32. The molecule has 0 aliphatic heterocycles. The van der Waals surface area contributed by atoms with Crippen molar-refractivity contribution in [1.29, 1.82) is 5.26 Å². The molecule has 2 N–H and O–H groups in total. The van der Waals surface area contributed by atoms with Gasteiger partial charge in [0.1, 0.15) is 17.6 Å². The molecule has 0 aliphatic carbocycles. The minimum absolute atomic E-state index is 0.0314. The van der Waals surface area contributed by atoms with E-state index in [4.69, 9.17) is 15.1 Å². The summed E-state index contributed by atoms with van der Waals surface area (Å²) in [7, 11) is 1.37. The van der Waals surface area contributed by atoms with Crippen molar-refractivity contribution in [3.63, 3.8) is 0 Å². The van der Waals surface area contributed by atoms with Crippen LogP contribution < -0.4 is 4.74 Å². The number of nitrogens with zero attached hydrogens (tertiary/aromatic N) is 1. The lowest BCUT2D eigenvalue weighted by molar-refractivity contribution is -0.138. The molecular formula is C11H11NO4. The van der Waals surface area contributed by atoms with Gasteiger partial charge in [0.25, 0.3) is 0 Å². The molecule has 5 nitrogen and oxygen atoms in total. The standard InChI is InChI=1S/C11H11NO4/c1-6(11(14)15)8-3-7(5-12)9(13)4-10(8)16-2/h3-4,6,13H,1-2H3,(H,14,15). The smallest absolute Gasteiger partial charge is 0.310 e. The van der Waals surface area contributed by atoms with Crippen molar-refractivity contribution in [2.24, 2.45) is 0 Å². The number of aliphatic carboxylic acids is 1. The first-order valence-electron chi connectivity index (χ1n) is 4.55. The number of benzene rings is 1. The molecule has 0 amide bonds. The molecule has 1 unspecified atom stereocenters. The van der Waals surface area contributed by atoms with Gasteiger partial charge in [-0.3, -0.25) is 4.79 Å². The summed E-state index contributed by atoms with van der Waals surface area (Å²) in [5.74, 6) is -1.79. The van der Waals surface area contributed by atoms with Crippen LogP contribution in [0.5, 0.6) is 11.5 Å². The van der Waals surface area contributed by atoms with Gasteiger partial charge in [0.15, 0.2) is 0 Å². The molecule has 1 atom stereocenters. The predicted octanol–water partition coefficient (Wildman–Crippen LogP) is 1.46. The lowest BCUT2D eigenvalue weighted by Crippen LogP contribution is -2.09. The minimum atomic E-state index is -1.02. The van der Waals surface area contributed by atoms with Crippen LogP contribution in [0, 0.1) is 11.3 Å². The molecule has 1 aromatic carbocycles. The Morgan fingerprint density at radius 3 is 2.62 bits per heavy atom. The van der Waals surface area contributed by atoms with E-state index in [1.807, 2.05) is 0 Å². The zero-order valence-corrected chi connectivity index (χ0v) is 8.89. The lowest BCUT2D eigenvalue weighted by atomic mass is 9.97. The maximum atomic E-state index is 10.9. The van der Waals surface area contributed by atoms with Gasteiger partial charge in [0.2, 0.25) is 0 Å². The summed E-state index contributed by atoms with van der Waals surface area (Å²) in [6.07, 6.45) is 0. The van der Waals surface area contributed by atoms with Crippen LogP contribution >= 0.6 is 0 Å². The number of rotatable bonds is 3. The van der Waals surface area contributed by atoms with Crippen LogP contribution in [-0.2, 0) is 4.79 Å². The number of phenolic OH excluding ortho intramolecular Hbond substituents is 1. The van der Waals surface area contributed by atoms with Gasteiger partial charge < -0.3 is 14.9 Å². The molecule has 0 fully saturated rings. The van der Waals surface area contributed by atoms with Gasteiger partial charge >= 0.3 is 5.97 Å². The van der Waals surface area contributed by atoms with Crippen LogP contribution in [0.1, 0.15) is 24.0 Å². The SMILES string of the molecule is COc1cc(O)c(C#N)cc1C(C)C(=O)O. The second kappa shape index (κ2) is 4.53. The first-order valence-corrected chi connectivity index (χ1v) is 4.55. The number of aromatic hydroxyl groups is 1. The van der Waals surface area contributed by atoms with Crippen LogP contribution in [0.2, 0.25) is 0 Å². The summed E-state index contributed by atoms with van der Waals surface area (Å²) in [5.41, 5.74) is 0.397. The summed E-state index contributed by atoms with van der Waals surface area (Å²) in [4.78, 5) is 10.9. The monoisotopic (exact) mass is 221 g/mol. The molecule has 1 aromatic rings. The summed E-state index contributed by atoms with van der Waals surface area (Å²) in [5, 5.41) is 27.0. The number of carboxylic acids is 1. The van der Waals surface area contributed by atoms with E-state index in [1.165, 1.54) is 26.2 Å². The van der Waals surface area contributed by atoms with Crippen molar-refractivity contribution in [1.82, 2.24) is 0 Å². The van der Waals surface area contributed by atoms with Crippen molar-refractivity contribution in [3.8, 4) is 17.6 Å². The van der Waals surface area contributed by atoms with Gasteiger partial charge in [-0.05, 0) is 13.0 Å². The van der Waals surface area contributed by atoms with E-state index in [0.717, 1.165) is 0 Å². The van der Waals surface area contributed by atoms with E-state index < -0.39 is 11.9 Å². The Bertz CT molecular complexity index is 462. The first-order chi connectivity index (χ1) is 7.51. The van der Waals surface area contributed by atoms with Crippen molar-refractivity contribution < 1.29 is 19.7 Å². The summed E-state index contributed by atoms with van der Waals surface area (Å²) >= 11 is 0. The largest absolute Gasteiger partial charge is 0.506 e. The fourth-order valence-corrected chi connectivity index (χ4v) is 1.32. The maximum absolute atomic E-state index is 10.9. The number of nitriles is 1. The summed E-state index contributed by atoms with van der Waals surface area (Å²) < 4.78 is 4.96. The number of carboxylic acid groups (broad SMARTS) is 1. The summed E-state index contributed by atoms with van der Waals surface area (Å²) in [6.45, 7) is 1.48. The minimum Gasteiger partial charge on any atom is -0.506 e. The van der Waals surface area contributed by atoms with E-state index in [-0.39, 0.29) is 17.1 Å². The molecule has 1 rings (SSSR count). The Labute approximate surface area is 92.5 Å². The lowest BCUT2D eigenvalue weighted by Gasteiger charge is -2.13. The molecule has 5 heteroatoms. The Morgan fingerprint density at radius 1 is 1.56 bits per heavy atom. The quantitative estimate of drug-likeness (QED) is 0.806. The molecule has 0 spiro atoms. The Balaban J connectivity index is 3.37. The molecule has 0 saturated heterocycles.